The summed E-state index contributed by atoms with van der Waals surface area (Å²) in [6.07, 6.45) is 0. The normalized spacial score (nSPS) is 12.7. The van der Waals surface area contributed by atoms with Gasteiger partial charge in [-0.1, -0.05) is 5.16 Å². The number of halogens is 1. The third-order valence-electron chi connectivity index (χ3n) is 2.64. The molecule has 6 heteroatoms. The van der Waals surface area contributed by atoms with Crippen LogP contribution >= 0.6 is 0 Å². The lowest BCUT2D eigenvalue weighted by atomic mass is 10.1. The summed E-state index contributed by atoms with van der Waals surface area (Å²) in [5.41, 5.74) is 6.29. The van der Waals surface area contributed by atoms with Gasteiger partial charge < -0.3 is 21.0 Å². The third kappa shape index (κ3) is 4.84. The standard InChI is InChI=1S/C13H20FN3O2/c1-13(2,8-19-3)16-7-9-4-10(12(15)17-18)6-11(14)5-9/h4-6,16,18H,7-8H2,1-3H3,(H2,15,17). The van der Waals surface area contributed by atoms with E-state index in [1.807, 2.05) is 13.8 Å². The predicted molar refractivity (Wildman–Crippen MR) is 71.7 cm³/mol. The van der Waals surface area contributed by atoms with Crippen molar-refractivity contribution in [3.05, 3.63) is 35.1 Å². The van der Waals surface area contributed by atoms with Crippen LogP contribution in [-0.4, -0.2) is 30.3 Å². The quantitative estimate of drug-likeness (QED) is 0.316. The lowest BCUT2D eigenvalue weighted by Gasteiger charge is -2.25. The molecule has 0 aromatic heterocycles. The van der Waals surface area contributed by atoms with E-state index in [-0.39, 0.29) is 11.4 Å². The fourth-order valence-electron chi connectivity index (χ4n) is 1.71. The zero-order valence-corrected chi connectivity index (χ0v) is 11.4. The number of hydrogen-bond donors (Lipinski definition) is 3. The number of rotatable bonds is 6. The van der Waals surface area contributed by atoms with E-state index in [2.05, 4.69) is 10.5 Å². The van der Waals surface area contributed by atoms with Gasteiger partial charge in [0.05, 0.1) is 6.61 Å². The van der Waals surface area contributed by atoms with Crippen molar-refractivity contribution in [3.8, 4) is 0 Å². The molecule has 0 bridgehead atoms. The second kappa shape index (κ2) is 6.49. The van der Waals surface area contributed by atoms with Crippen molar-refractivity contribution in [2.75, 3.05) is 13.7 Å². The lowest BCUT2D eigenvalue weighted by Crippen LogP contribution is -2.42. The molecule has 5 nitrogen and oxygen atoms in total. The van der Waals surface area contributed by atoms with Gasteiger partial charge in [-0.25, -0.2) is 4.39 Å². The average Bonchev–Trinajstić information content (AvgIpc) is 2.35. The van der Waals surface area contributed by atoms with Crippen LogP contribution in [0.1, 0.15) is 25.0 Å². The zero-order chi connectivity index (χ0) is 14.5. The number of benzene rings is 1. The van der Waals surface area contributed by atoms with Crippen molar-refractivity contribution < 1.29 is 14.3 Å². The lowest BCUT2D eigenvalue weighted by molar-refractivity contribution is 0.127. The van der Waals surface area contributed by atoms with Gasteiger partial charge in [0, 0.05) is 24.8 Å². The van der Waals surface area contributed by atoms with Crippen molar-refractivity contribution in [3.63, 3.8) is 0 Å². The van der Waals surface area contributed by atoms with Gasteiger partial charge in [-0.2, -0.15) is 0 Å². The molecule has 0 aliphatic carbocycles. The Balaban J connectivity index is 2.82. The summed E-state index contributed by atoms with van der Waals surface area (Å²) in [5.74, 6) is -0.539. The van der Waals surface area contributed by atoms with Crippen LogP contribution in [0.4, 0.5) is 4.39 Å². The molecule has 1 aromatic rings. The molecule has 0 aliphatic heterocycles. The van der Waals surface area contributed by atoms with Gasteiger partial charge in [-0.3, -0.25) is 0 Å². The summed E-state index contributed by atoms with van der Waals surface area (Å²) in [7, 11) is 1.63. The molecule has 0 spiro atoms. The molecule has 19 heavy (non-hydrogen) atoms. The van der Waals surface area contributed by atoms with Crippen LogP contribution in [0.5, 0.6) is 0 Å². The van der Waals surface area contributed by atoms with Crippen LogP contribution in [0.25, 0.3) is 0 Å². The van der Waals surface area contributed by atoms with E-state index in [0.29, 0.717) is 24.3 Å². The van der Waals surface area contributed by atoms with E-state index >= 15 is 0 Å². The van der Waals surface area contributed by atoms with E-state index in [9.17, 15) is 4.39 Å². The first-order valence-corrected chi connectivity index (χ1v) is 5.89. The summed E-state index contributed by atoms with van der Waals surface area (Å²) in [6.45, 7) is 4.97. The summed E-state index contributed by atoms with van der Waals surface area (Å²) < 4.78 is 18.5. The predicted octanol–water partition coefficient (Wildman–Crippen LogP) is 1.43. The minimum absolute atomic E-state index is 0.114. The first kappa shape index (κ1) is 15.4. The number of hydrogen-bond acceptors (Lipinski definition) is 4. The van der Waals surface area contributed by atoms with Crippen molar-refractivity contribution in [1.29, 1.82) is 0 Å². The van der Waals surface area contributed by atoms with Gasteiger partial charge in [0.1, 0.15) is 5.82 Å². The Bertz CT molecular complexity index is 461. The highest BCUT2D eigenvalue weighted by atomic mass is 19.1. The molecule has 0 unspecified atom stereocenters. The second-order valence-corrected chi connectivity index (χ2v) is 5.00. The molecule has 0 heterocycles. The molecule has 0 atom stereocenters. The summed E-state index contributed by atoms with van der Waals surface area (Å²) in [5, 5.41) is 14.7. The van der Waals surface area contributed by atoms with Gasteiger partial charge in [-0.05, 0) is 37.6 Å². The second-order valence-electron chi connectivity index (χ2n) is 5.00. The molecule has 0 amide bonds. The Kier molecular flexibility index (Phi) is 5.26. The molecule has 0 radical (unpaired) electrons. The topological polar surface area (TPSA) is 79.9 Å². The Morgan fingerprint density at radius 3 is 2.74 bits per heavy atom. The first-order valence-electron chi connectivity index (χ1n) is 5.89. The zero-order valence-electron chi connectivity index (χ0n) is 11.4. The number of nitrogens with two attached hydrogens (primary N) is 1. The van der Waals surface area contributed by atoms with Crippen molar-refractivity contribution >= 4 is 5.84 Å². The molecule has 0 aliphatic rings. The molecule has 0 fully saturated rings. The number of nitrogens with one attached hydrogen (secondary N) is 1. The Labute approximate surface area is 112 Å². The highest BCUT2D eigenvalue weighted by Gasteiger charge is 2.16. The Morgan fingerprint density at radius 1 is 1.47 bits per heavy atom. The van der Waals surface area contributed by atoms with E-state index in [1.54, 1.807) is 13.2 Å². The number of nitrogens with zero attached hydrogens (tertiary/aromatic N) is 1. The number of oxime groups is 1. The first-order chi connectivity index (χ1) is 8.88. The molecular weight excluding hydrogens is 249 g/mol. The fraction of sp³-hybridized carbons (Fsp3) is 0.462. The molecule has 0 saturated carbocycles. The number of amidine groups is 1. The van der Waals surface area contributed by atoms with Crippen LogP contribution in [-0.2, 0) is 11.3 Å². The average molecular weight is 269 g/mol. The summed E-state index contributed by atoms with van der Waals surface area (Å²) in [4.78, 5) is 0. The minimum Gasteiger partial charge on any atom is -0.409 e. The number of methoxy groups -OCH3 is 1. The monoisotopic (exact) mass is 269 g/mol. The highest BCUT2D eigenvalue weighted by molar-refractivity contribution is 5.97. The summed E-state index contributed by atoms with van der Waals surface area (Å²) in [6, 6.07) is 4.30. The van der Waals surface area contributed by atoms with Gasteiger partial charge in [-0.15, -0.1) is 0 Å². The van der Waals surface area contributed by atoms with Crippen molar-refractivity contribution in [2.45, 2.75) is 25.9 Å². The van der Waals surface area contributed by atoms with Crippen LogP contribution in [0.2, 0.25) is 0 Å². The van der Waals surface area contributed by atoms with Crippen LogP contribution in [0, 0.1) is 5.82 Å². The van der Waals surface area contributed by atoms with E-state index in [4.69, 9.17) is 15.7 Å². The molecule has 106 valence electrons. The largest absolute Gasteiger partial charge is 0.409 e. The maximum Gasteiger partial charge on any atom is 0.170 e. The maximum absolute atomic E-state index is 13.4. The van der Waals surface area contributed by atoms with Gasteiger partial charge >= 0.3 is 0 Å². The van der Waals surface area contributed by atoms with Crippen LogP contribution in [0.15, 0.2) is 23.4 Å². The van der Waals surface area contributed by atoms with Crippen LogP contribution < -0.4 is 11.1 Å². The van der Waals surface area contributed by atoms with Gasteiger partial charge in [0.15, 0.2) is 5.84 Å². The minimum atomic E-state index is -0.426. The Morgan fingerprint density at radius 2 is 2.16 bits per heavy atom. The SMILES string of the molecule is COCC(C)(C)NCc1cc(F)cc(/C(N)=N/O)c1. The molecular formula is C13H20FN3O2. The van der Waals surface area contributed by atoms with Crippen molar-refractivity contribution in [2.24, 2.45) is 10.9 Å². The van der Waals surface area contributed by atoms with Crippen molar-refractivity contribution in [1.82, 2.24) is 5.32 Å². The maximum atomic E-state index is 13.4. The van der Waals surface area contributed by atoms with E-state index < -0.39 is 5.82 Å². The fourth-order valence-corrected chi connectivity index (χ4v) is 1.71. The van der Waals surface area contributed by atoms with Crippen LogP contribution in [0.3, 0.4) is 0 Å². The molecule has 1 aromatic carbocycles. The molecule has 0 saturated heterocycles. The Hall–Kier alpha value is -1.66. The van der Waals surface area contributed by atoms with Gasteiger partial charge in [0.25, 0.3) is 0 Å². The molecule has 1 rings (SSSR count). The smallest absolute Gasteiger partial charge is 0.170 e. The number of ether oxygens (including phenoxy) is 1. The summed E-state index contributed by atoms with van der Waals surface area (Å²) >= 11 is 0. The van der Waals surface area contributed by atoms with Gasteiger partial charge in [0.2, 0.25) is 0 Å². The highest BCUT2D eigenvalue weighted by Crippen LogP contribution is 2.11. The van der Waals surface area contributed by atoms with E-state index in [1.165, 1.54) is 12.1 Å². The molecule has 4 N–H and O–H groups in total. The third-order valence-corrected chi connectivity index (χ3v) is 2.64. The van der Waals surface area contributed by atoms with E-state index in [0.717, 1.165) is 0 Å².